The van der Waals surface area contributed by atoms with Gasteiger partial charge in [0.25, 0.3) is 0 Å². The molecule has 6 nitrogen and oxygen atoms in total. The van der Waals surface area contributed by atoms with Gasteiger partial charge < -0.3 is 24.4 Å². The zero-order valence-corrected chi connectivity index (χ0v) is 17.7. The Labute approximate surface area is 168 Å². The van der Waals surface area contributed by atoms with Gasteiger partial charge in [-0.2, -0.15) is 0 Å². The molecule has 0 aliphatic heterocycles. The van der Waals surface area contributed by atoms with Gasteiger partial charge in [-0.1, -0.05) is 18.2 Å². The maximum atomic E-state index is 5.40. The van der Waals surface area contributed by atoms with E-state index in [0.717, 1.165) is 47.3 Å². The Balaban J connectivity index is 1.94. The molecule has 0 spiro atoms. The number of nitrogens with zero attached hydrogens (tertiary/aromatic N) is 2. The highest BCUT2D eigenvalue weighted by atomic mass is 16.5. The summed E-state index contributed by atoms with van der Waals surface area (Å²) in [6, 6.07) is 12.2. The molecular weight excluding hydrogens is 354 g/mol. The molecule has 28 heavy (non-hydrogen) atoms. The molecule has 1 N–H and O–H groups in total. The molecule has 2 aromatic carbocycles. The fourth-order valence-electron chi connectivity index (χ4n) is 2.98. The van der Waals surface area contributed by atoms with Crippen molar-refractivity contribution in [3.8, 4) is 17.2 Å². The highest BCUT2D eigenvalue weighted by Gasteiger charge is 2.09. The Kier molecular flexibility index (Phi) is 7.99. The third-order valence-corrected chi connectivity index (χ3v) is 4.68. The molecule has 2 aromatic rings. The summed E-state index contributed by atoms with van der Waals surface area (Å²) < 4.78 is 16.1. The second kappa shape index (κ2) is 10.4. The van der Waals surface area contributed by atoms with Crippen LogP contribution in [-0.2, 0) is 13.0 Å². The van der Waals surface area contributed by atoms with E-state index < -0.39 is 0 Å². The molecule has 0 amide bonds. The Morgan fingerprint density at radius 2 is 1.57 bits per heavy atom. The van der Waals surface area contributed by atoms with Crippen molar-refractivity contribution in [1.82, 2.24) is 10.2 Å². The van der Waals surface area contributed by atoms with Gasteiger partial charge in [-0.15, -0.1) is 0 Å². The fourth-order valence-corrected chi connectivity index (χ4v) is 2.98. The van der Waals surface area contributed by atoms with E-state index in [1.54, 1.807) is 28.4 Å². The van der Waals surface area contributed by atoms with E-state index in [-0.39, 0.29) is 0 Å². The third-order valence-electron chi connectivity index (χ3n) is 4.68. The largest absolute Gasteiger partial charge is 0.496 e. The molecule has 0 fully saturated rings. The van der Waals surface area contributed by atoms with Crippen molar-refractivity contribution in [2.24, 2.45) is 4.99 Å². The highest BCUT2D eigenvalue weighted by molar-refractivity contribution is 5.79. The number of benzene rings is 2. The van der Waals surface area contributed by atoms with Crippen LogP contribution < -0.4 is 19.5 Å². The van der Waals surface area contributed by atoms with Crippen molar-refractivity contribution in [1.29, 1.82) is 0 Å². The first kappa shape index (κ1) is 21.4. The number of hydrogen-bond acceptors (Lipinski definition) is 4. The lowest BCUT2D eigenvalue weighted by Gasteiger charge is -2.22. The van der Waals surface area contributed by atoms with E-state index in [1.807, 2.05) is 26.1 Å². The van der Waals surface area contributed by atoms with E-state index >= 15 is 0 Å². The van der Waals surface area contributed by atoms with Crippen LogP contribution in [0.2, 0.25) is 0 Å². The van der Waals surface area contributed by atoms with Crippen molar-refractivity contribution in [3.05, 3.63) is 53.1 Å². The SMILES string of the molecule is CN=C(NCc1ccc(C)c(OC)c1)N(C)CCc1ccc(OC)c(OC)c1. The van der Waals surface area contributed by atoms with Crippen LogP contribution in [0.1, 0.15) is 16.7 Å². The predicted octanol–water partition coefficient (Wildman–Crippen LogP) is 3.27. The lowest BCUT2D eigenvalue weighted by molar-refractivity contribution is 0.354. The van der Waals surface area contributed by atoms with Crippen LogP contribution in [0.25, 0.3) is 0 Å². The molecule has 2 rings (SSSR count). The molecule has 0 heterocycles. The second-order valence-electron chi connectivity index (χ2n) is 6.57. The minimum absolute atomic E-state index is 0.685. The maximum absolute atomic E-state index is 5.40. The number of methoxy groups -OCH3 is 3. The van der Waals surface area contributed by atoms with Crippen LogP contribution in [0.3, 0.4) is 0 Å². The molecule has 0 aliphatic carbocycles. The highest BCUT2D eigenvalue weighted by Crippen LogP contribution is 2.27. The zero-order chi connectivity index (χ0) is 20.5. The van der Waals surface area contributed by atoms with Gasteiger partial charge in [-0.3, -0.25) is 4.99 Å². The lowest BCUT2D eigenvalue weighted by Crippen LogP contribution is -2.39. The zero-order valence-electron chi connectivity index (χ0n) is 17.7. The topological polar surface area (TPSA) is 55.3 Å². The average molecular weight is 386 g/mol. The van der Waals surface area contributed by atoms with E-state index in [1.165, 1.54) is 5.56 Å². The molecular formula is C22H31N3O3. The number of hydrogen-bond donors (Lipinski definition) is 1. The molecule has 0 radical (unpaired) electrons. The second-order valence-corrected chi connectivity index (χ2v) is 6.57. The van der Waals surface area contributed by atoms with Crippen molar-refractivity contribution in [2.75, 3.05) is 42.0 Å². The molecule has 0 unspecified atom stereocenters. The number of guanidine groups is 1. The van der Waals surface area contributed by atoms with Crippen molar-refractivity contribution >= 4 is 5.96 Å². The lowest BCUT2D eigenvalue weighted by atomic mass is 10.1. The summed E-state index contributed by atoms with van der Waals surface area (Å²) >= 11 is 0. The monoisotopic (exact) mass is 385 g/mol. The Hall–Kier alpha value is -2.89. The molecule has 0 bridgehead atoms. The van der Waals surface area contributed by atoms with Gasteiger partial charge in [-0.25, -0.2) is 0 Å². The number of nitrogens with one attached hydrogen (secondary N) is 1. The van der Waals surface area contributed by atoms with Gasteiger partial charge in [0.1, 0.15) is 5.75 Å². The van der Waals surface area contributed by atoms with Crippen molar-refractivity contribution in [3.63, 3.8) is 0 Å². The van der Waals surface area contributed by atoms with E-state index in [4.69, 9.17) is 14.2 Å². The van der Waals surface area contributed by atoms with Crippen LogP contribution in [0.5, 0.6) is 17.2 Å². The molecule has 0 aromatic heterocycles. The molecule has 6 heteroatoms. The van der Waals surface area contributed by atoms with Crippen LogP contribution >= 0.6 is 0 Å². The van der Waals surface area contributed by atoms with Gasteiger partial charge >= 0.3 is 0 Å². The van der Waals surface area contributed by atoms with Crippen molar-refractivity contribution < 1.29 is 14.2 Å². The first-order valence-electron chi connectivity index (χ1n) is 9.28. The van der Waals surface area contributed by atoms with Crippen molar-refractivity contribution in [2.45, 2.75) is 19.9 Å². The van der Waals surface area contributed by atoms with Gasteiger partial charge in [0.2, 0.25) is 0 Å². The van der Waals surface area contributed by atoms with Crippen LogP contribution in [0.15, 0.2) is 41.4 Å². The normalized spacial score (nSPS) is 11.1. The Morgan fingerprint density at radius 1 is 0.929 bits per heavy atom. The number of ether oxygens (including phenoxy) is 3. The molecule has 0 aliphatic rings. The molecule has 0 saturated carbocycles. The Morgan fingerprint density at radius 3 is 2.21 bits per heavy atom. The standard InChI is InChI=1S/C22H31N3O3/c1-16-7-8-18(14-20(16)27-5)15-24-22(23-2)25(3)12-11-17-9-10-19(26-4)21(13-17)28-6/h7-10,13-14H,11-12,15H2,1-6H3,(H,23,24). The summed E-state index contributed by atoms with van der Waals surface area (Å²) in [7, 11) is 8.82. The van der Waals surface area contributed by atoms with Gasteiger partial charge in [-0.05, 0) is 48.2 Å². The van der Waals surface area contributed by atoms with E-state index in [0.29, 0.717) is 6.54 Å². The number of aryl methyl sites for hydroxylation is 1. The minimum atomic E-state index is 0.685. The number of aliphatic imine (C=N–C) groups is 1. The average Bonchev–Trinajstić information content (AvgIpc) is 2.73. The van der Waals surface area contributed by atoms with Crippen LogP contribution in [0.4, 0.5) is 0 Å². The van der Waals surface area contributed by atoms with Crippen LogP contribution in [-0.4, -0.2) is 52.8 Å². The number of rotatable bonds is 8. The predicted molar refractivity (Wildman–Crippen MR) is 114 cm³/mol. The summed E-state index contributed by atoms with van der Waals surface area (Å²) in [6.07, 6.45) is 0.871. The summed E-state index contributed by atoms with van der Waals surface area (Å²) in [5, 5.41) is 3.41. The first-order chi connectivity index (χ1) is 13.5. The smallest absolute Gasteiger partial charge is 0.193 e. The van der Waals surface area contributed by atoms with E-state index in [2.05, 4.69) is 39.5 Å². The summed E-state index contributed by atoms with van der Waals surface area (Å²) in [6.45, 7) is 3.55. The number of likely N-dealkylation sites (N-methyl/N-ethyl adjacent to an activating group) is 1. The van der Waals surface area contributed by atoms with E-state index in [9.17, 15) is 0 Å². The molecule has 0 atom stereocenters. The molecule has 152 valence electrons. The van der Waals surface area contributed by atoms with Gasteiger partial charge in [0, 0.05) is 27.2 Å². The first-order valence-corrected chi connectivity index (χ1v) is 9.28. The van der Waals surface area contributed by atoms with Crippen LogP contribution in [0, 0.1) is 6.92 Å². The summed E-state index contributed by atoms with van der Waals surface area (Å²) in [5.41, 5.74) is 3.46. The fraction of sp³-hybridized carbons (Fsp3) is 0.409. The minimum Gasteiger partial charge on any atom is -0.496 e. The maximum Gasteiger partial charge on any atom is 0.193 e. The molecule has 0 saturated heterocycles. The van der Waals surface area contributed by atoms with Gasteiger partial charge in [0.05, 0.1) is 21.3 Å². The quantitative estimate of drug-likeness (QED) is 0.558. The van der Waals surface area contributed by atoms with Gasteiger partial charge in [0.15, 0.2) is 17.5 Å². The third kappa shape index (κ3) is 5.55. The summed E-state index contributed by atoms with van der Waals surface area (Å²) in [4.78, 5) is 6.51. The summed E-state index contributed by atoms with van der Waals surface area (Å²) in [5.74, 6) is 3.24. The Bertz CT molecular complexity index is 806.